The van der Waals surface area contributed by atoms with E-state index in [0.717, 1.165) is 25.0 Å². The average Bonchev–Trinajstić information content (AvgIpc) is 2.96. The Bertz CT molecular complexity index is 611. The maximum absolute atomic E-state index is 6.18. The van der Waals surface area contributed by atoms with Crippen LogP contribution in [0.25, 0.3) is 0 Å². The molecule has 1 unspecified atom stereocenters. The van der Waals surface area contributed by atoms with Crippen LogP contribution in [0.4, 0.5) is 0 Å². The van der Waals surface area contributed by atoms with Gasteiger partial charge < -0.3 is 19.7 Å². The minimum atomic E-state index is -0.415. The zero-order chi connectivity index (χ0) is 14.9. The monoisotopic (exact) mass is 325 g/mol. The Morgan fingerprint density at radius 1 is 1.23 bits per heavy atom. The van der Waals surface area contributed by atoms with Gasteiger partial charge in [-0.3, -0.25) is 0 Å². The Hall–Kier alpha value is -1.79. The predicted octanol–water partition coefficient (Wildman–Crippen LogP) is 2.98. The third-order valence-electron chi connectivity index (χ3n) is 3.85. The highest BCUT2D eigenvalue weighted by Crippen LogP contribution is 2.37. The number of benzene rings is 1. The van der Waals surface area contributed by atoms with E-state index >= 15 is 0 Å². The van der Waals surface area contributed by atoms with Crippen molar-refractivity contribution in [3.05, 3.63) is 36.0 Å². The van der Waals surface area contributed by atoms with Crippen molar-refractivity contribution in [2.45, 2.75) is 37.8 Å². The van der Waals surface area contributed by atoms with Gasteiger partial charge in [0.25, 0.3) is 5.89 Å². The van der Waals surface area contributed by atoms with Gasteiger partial charge in [-0.15, -0.1) is 12.4 Å². The third kappa shape index (κ3) is 3.18. The molecule has 0 spiro atoms. The molecule has 3 rings (SSSR count). The summed E-state index contributed by atoms with van der Waals surface area (Å²) in [5, 5.41) is 3.99. The Morgan fingerprint density at radius 2 is 1.86 bits per heavy atom. The van der Waals surface area contributed by atoms with Crippen molar-refractivity contribution in [2.75, 3.05) is 7.11 Å². The number of halogens is 1. The van der Waals surface area contributed by atoms with Crippen molar-refractivity contribution < 1.29 is 14.0 Å². The van der Waals surface area contributed by atoms with Crippen molar-refractivity contribution in [3.63, 3.8) is 0 Å². The lowest BCUT2D eigenvalue weighted by Crippen LogP contribution is -2.44. The smallest absolute Gasteiger partial charge is 0.267 e. The van der Waals surface area contributed by atoms with E-state index in [1.54, 1.807) is 7.11 Å². The normalized spacial score (nSPS) is 17.0. The van der Waals surface area contributed by atoms with Crippen LogP contribution in [0.2, 0.25) is 0 Å². The molecule has 0 amide bonds. The minimum Gasteiger partial charge on any atom is -0.497 e. The van der Waals surface area contributed by atoms with Crippen LogP contribution in [0.5, 0.6) is 11.5 Å². The van der Waals surface area contributed by atoms with E-state index in [1.165, 1.54) is 0 Å². The van der Waals surface area contributed by atoms with Gasteiger partial charge in [0.2, 0.25) is 0 Å². The van der Waals surface area contributed by atoms with Crippen LogP contribution < -0.4 is 15.2 Å². The van der Waals surface area contributed by atoms with E-state index < -0.39 is 5.54 Å². The highest BCUT2D eigenvalue weighted by atomic mass is 35.5. The fourth-order valence-electron chi connectivity index (χ4n) is 2.29. The minimum absolute atomic E-state index is 0. The van der Waals surface area contributed by atoms with Crippen LogP contribution in [-0.4, -0.2) is 17.3 Å². The second kappa shape index (κ2) is 6.54. The number of nitrogens with two attached hydrogens (primary N) is 1. The highest BCUT2D eigenvalue weighted by molar-refractivity contribution is 5.85. The zero-order valence-corrected chi connectivity index (χ0v) is 13.4. The third-order valence-corrected chi connectivity index (χ3v) is 3.85. The van der Waals surface area contributed by atoms with Crippen LogP contribution in [0.3, 0.4) is 0 Å². The molecule has 0 radical (unpaired) electrons. The number of ether oxygens (including phenoxy) is 2. The first-order valence-electron chi connectivity index (χ1n) is 7.04. The molecular formula is C15H20ClN3O3. The van der Waals surface area contributed by atoms with Gasteiger partial charge in [-0.1, -0.05) is 5.16 Å². The summed E-state index contributed by atoms with van der Waals surface area (Å²) in [7, 11) is 1.63. The molecular weight excluding hydrogens is 306 g/mol. The van der Waals surface area contributed by atoms with Gasteiger partial charge in [0.05, 0.1) is 12.6 Å². The molecule has 120 valence electrons. The van der Waals surface area contributed by atoms with E-state index in [1.807, 2.05) is 31.2 Å². The molecule has 7 heteroatoms. The molecule has 0 bridgehead atoms. The molecule has 1 heterocycles. The molecule has 2 N–H and O–H groups in total. The van der Waals surface area contributed by atoms with Crippen LogP contribution in [-0.2, 0) is 5.54 Å². The highest BCUT2D eigenvalue weighted by Gasteiger charge is 2.39. The van der Waals surface area contributed by atoms with E-state index in [2.05, 4.69) is 10.1 Å². The predicted molar refractivity (Wildman–Crippen MR) is 83.3 cm³/mol. The molecule has 2 aromatic rings. The second-order valence-electron chi connectivity index (χ2n) is 5.40. The lowest BCUT2D eigenvalue weighted by atomic mass is 9.77. The van der Waals surface area contributed by atoms with Crippen LogP contribution in [0, 0.1) is 0 Å². The van der Waals surface area contributed by atoms with Gasteiger partial charge >= 0.3 is 0 Å². The molecule has 1 fully saturated rings. The van der Waals surface area contributed by atoms with Crippen molar-refractivity contribution in [2.24, 2.45) is 5.73 Å². The summed E-state index contributed by atoms with van der Waals surface area (Å²) in [6.07, 6.45) is 2.58. The summed E-state index contributed by atoms with van der Waals surface area (Å²) >= 11 is 0. The van der Waals surface area contributed by atoms with Crippen molar-refractivity contribution >= 4 is 12.4 Å². The van der Waals surface area contributed by atoms with Gasteiger partial charge in [0.1, 0.15) is 11.5 Å². The molecule has 22 heavy (non-hydrogen) atoms. The van der Waals surface area contributed by atoms with Gasteiger partial charge in [-0.05, 0) is 50.5 Å². The van der Waals surface area contributed by atoms with Crippen molar-refractivity contribution in [1.29, 1.82) is 0 Å². The quantitative estimate of drug-likeness (QED) is 0.909. The summed E-state index contributed by atoms with van der Waals surface area (Å²) in [5.74, 6) is 2.52. The summed E-state index contributed by atoms with van der Waals surface area (Å²) in [4.78, 5) is 4.38. The fraction of sp³-hybridized carbons (Fsp3) is 0.467. The number of aromatic nitrogens is 2. The Balaban J connectivity index is 0.00000176. The molecule has 6 nitrogen and oxygen atoms in total. The Kier molecular flexibility index (Phi) is 4.93. The largest absolute Gasteiger partial charge is 0.497 e. The summed E-state index contributed by atoms with van der Waals surface area (Å²) in [5.41, 5.74) is 5.77. The average molecular weight is 326 g/mol. The number of rotatable bonds is 5. The zero-order valence-electron chi connectivity index (χ0n) is 12.6. The molecule has 1 aromatic heterocycles. The molecule has 1 aliphatic carbocycles. The van der Waals surface area contributed by atoms with Crippen LogP contribution in [0.15, 0.2) is 28.8 Å². The van der Waals surface area contributed by atoms with Crippen LogP contribution >= 0.6 is 12.4 Å². The number of nitrogens with zero attached hydrogens (tertiary/aromatic N) is 2. The summed E-state index contributed by atoms with van der Waals surface area (Å²) < 4.78 is 16.2. The van der Waals surface area contributed by atoms with E-state index in [9.17, 15) is 0 Å². The lowest BCUT2D eigenvalue weighted by Gasteiger charge is -2.34. The van der Waals surface area contributed by atoms with Crippen LogP contribution in [0.1, 0.15) is 44.0 Å². The second-order valence-corrected chi connectivity index (χ2v) is 5.40. The van der Waals surface area contributed by atoms with E-state index in [4.69, 9.17) is 19.7 Å². The fourth-order valence-corrected chi connectivity index (χ4v) is 2.29. The van der Waals surface area contributed by atoms with Gasteiger partial charge in [-0.2, -0.15) is 4.98 Å². The molecule has 0 aliphatic heterocycles. The maximum atomic E-state index is 6.18. The molecule has 1 atom stereocenters. The first kappa shape index (κ1) is 16.6. The number of hydrogen-bond acceptors (Lipinski definition) is 6. The molecule has 1 aliphatic rings. The molecule has 1 aromatic carbocycles. The molecule has 1 saturated carbocycles. The number of methoxy groups -OCH3 is 1. The van der Waals surface area contributed by atoms with Crippen molar-refractivity contribution in [3.8, 4) is 11.5 Å². The molecule has 0 saturated heterocycles. The lowest BCUT2D eigenvalue weighted by molar-refractivity contribution is 0.174. The van der Waals surface area contributed by atoms with Gasteiger partial charge in [0, 0.05) is 0 Å². The topological polar surface area (TPSA) is 83.4 Å². The van der Waals surface area contributed by atoms with Gasteiger partial charge in [-0.25, -0.2) is 0 Å². The van der Waals surface area contributed by atoms with Gasteiger partial charge in [0.15, 0.2) is 11.9 Å². The van der Waals surface area contributed by atoms with Crippen molar-refractivity contribution in [1.82, 2.24) is 10.1 Å². The first-order chi connectivity index (χ1) is 10.1. The Morgan fingerprint density at radius 3 is 2.41 bits per heavy atom. The maximum Gasteiger partial charge on any atom is 0.267 e. The SMILES string of the molecule is COc1ccc(OC(C)c2nc(C3(N)CCC3)no2)cc1.Cl. The van der Waals surface area contributed by atoms with E-state index in [-0.39, 0.29) is 18.5 Å². The number of hydrogen-bond donors (Lipinski definition) is 1. The standard InChI is InChI=1S/C15H19N3O3.ClH/c1-10(20-12-6-4-11(19-2)5-7-12)13-17-14(18-21-13)15(16)8-3-9-15;/h4-7,10H,3,8-9,16H2,1-2H3;1H. The summed E-state index contributed by atoms with van der Waals surface area (Å²) in [6.45, 7) is 1.87. The Labute approximate surface area is 135 Å². The van der Waals surface area contributed by atoms with E-state index in [0.29, 0.717) is 17.5 Å². The summed E-state index contributed by atoms with van der Waals surface area (Å²) in [6, 6.07) is 7.35. The first-order valence-corrected chi connectivity index (χ1v) is 7.04.